The Morgan fingerprint density at radius 2 is 2.04 bits per heavy atom. The third-order valence-electron chi connectivity index (χ3n) is 4.89. The lowest BCUT2D eigenvalue weighted by Gasteiger charge is -2.36. The number of rotatable bonds is 5. The summed E-state index contributed by atoms with van der Waals surface area (Å²) < 4.78 is 15.1. The van der Waals surface area contributed by atoms with Gasteiger partial charge in [-0.05, 0) is 36.1 Å². The van der Waals surface area contributed by atoms with Crippen LogP contribution in [0.1, 0.15) is 6.42 Å². The molecule has 0 saturated carbocycles. The number of pyridine rings is 1. The molecule has 3 rings (SSSR count). The Bertz CT molecular complexity index is 854. The number of aliphatic hydroxyl groups excluding tert-OH is 1. The number of piperidine rings is 1. The van der Waals surface area contributed by atoms with Crippen molar-refractivity contribution in [3.63, 3.8) is 0 Å². The number of likely N-dealkylation sites (tertiary alicyclic amines) is 1. The number of aliphatic hydroxyl groups is 1. The quantitative estimate of drug-likeness (QED) is 0.739. The number of nitrogens with one attached hydrogen (secondary N) is 1. The molecular weight excluding hydrogens is 341 g/mol. The van der Waals surface area contributed by atoms with Crippen LogP contribution in [-0.4, -0.2) is 58.1 Å². The van der Waals surface area contributed by atoms with E-state index in [4.69, 9.17) is 5.11 Å². The van der Waals surface area contributed by atoms with Crippen LogP contribution >= 0.6 is 0 Å². The van der Waals surface area contributed by atoms with E-state index in [2.05, 4.69) is 10.2 Å². The molecule has 1 aliphatic rings. The number of hydrogen-bond acceptors (Lipinski definition) is 4. The smallest absolute Gasteiger partial charge is 0.404 e. The number of amides is 1. The van der Waals surface area contributed by atoms with Crippen LogP contribution in [0.25, 0.3) is 10.9 Å². The third-order valence-corrected chi connectivity index (χ3v) is 4.89. The second-order valence-electron chi connectivity index (χ2n) is 6.63. The molecule has 1 fully saturated rings. The maximum absolute atomic E-state index is 13.6. The van der Waals surface area contributed by atoms with Crippen molar-refractivity contribution >= 4 is 17.0 Å². The van der Waals surface area contributed by atoms with Gasteiger partial charge in [0.1, 0.15) is 5.82 Å². The topological polar surface area (TPSA) is 94.8 Å². The molecule has 8 heteroatoms. The SMILES string of the molecule is O=C(O)NC[C@@H]1CN(CCn2c(=O)ccc3ccc(F)cc32)CC[C@@H]1O. The van der Waals surface area contributed by atoms with Crippen LogP contribution in [0.2, 0.25) is 0 Å². The van der Waals surface area contributed by atoms with Crippen LogP contribution in [0, 0.1) is 11.7 Å². The number of nitrogens with zero attached hydrogens (tertiary/aromatic N) is 2. The van der Waals surface area contributed by atoms with E-state index in [9.17, 15) is 19.1 Å². The van der Waals surface area contributed by atoms with Gasteiger partial charge in [0.25, 0.3) is 5.56 Å². The van der Waals surface area contributed by atoms with Gasteiger partial charge in [-0.3, -0.25) is 4.79 Å². The molecule has 1 amide bonds. The fourth-order valence-electron chi connectivity index (χ4n) is 3.45. The molecule has 0 bridgehead atoms. The Morgan fingerprint density at radius 3 is 2.81 bits per heavy atom. The molecule has 7 nitrogen and oxygen atoms in total. The standard InChI is InChI=1S/C18H22FN3O4/c19-14-3-1-12-2-4-17(24)22(15(12)9-14)8-7-21-6-5-16(23)13(11-21)10-20-18(25)26/h1-4,9,13,16,20,23H,5-8,10-11H2,(H,25,26)/t13-,16+/m1/s1. The number of carbonyl (C=O) groups is 1. The van der Waals surface area contributed by atoms with Gasteiger partial charge in [0.15, 0.2) is 0 Å². The Balaban J connectivity index is 1.70. The molecule has 1 aromatic carbocycles. The van der Waals surface area contributed by atoms with Crippen molar-refractivity contribution in [2.24, 2.45) is 5.92 Å². The minimum absolute atomic E-state index is 0.187. The zero-order chi connectivity index (χ0) is 18.7. The van der Waals surface area contributed by atoms with Gasteiger partial charge in [-0.15, -0.1) is 0 Å². The summed E-state index contributed by atoms with van der Waals surface area (Å²) in [6, 6.07) is 7.52. The summed E-state index contributed by atoms with van der Waals surface area (Å²) in [6.07, 6.45) is -1.11. The maximum Gasteiger partial charge on any atom is 0.404 e. The van der Waals surface area contributed by atoms with E-state index in [-0.39, 0.29) is 18.0 Å². The highest BCUT2D eigenvalue weighted by atomic mass is 19.1. The van der Waals surface area contributed by atoms with Crippen molar-refractivity contribution in [2.75, 3.05) is 26.2 Å². The second-order valence-corrected chi connectivity index (χ2v) is 6.63. The number of carboxylic acid groups (broad SMARTS) is 1. The van der Waals surface area contributed by atoms with Gasteiger partial charge >= 0.3 is 6.09 Å². The van der Waals surface area contributed by atoms with Gasteiger partial charge in [0, 0.05) is 44.7 Å². The summed E-state index contributed by atoms with van der Waals surface area (Å²) in [6.45, 7) is 2.35. The third kappa shape index (κ3) is 4.20. The molecule has 2 atom stereocenters. The number of halogens is 1. The number of hydrogen-bond donors (Lipinski definition) is 3. The van der Waals surface area contributed by atoms with Crippen molar-refractivity contribution in [1.82, 2.24) is 14.8 Å². The normalized spacial score (nSPS) is 21.0. The van der Waals surface area contributed by atoms with E-state index in [0.29, 0.717) is 38.1 Å². The lowest BCUT2D eigenvalue weighted by Crippen LogP contribution is -2.48. The molecule has 26 heavy (non-hydrogen) atoms. The maximum atomic E-state index is 13.6. The van der Waals surface area contributed by atoms with Crippen LogP contribution < -0.4 is 10.9 Å². The van der Waals surface area contributed by atoms with Crippen molar-refractivity contribution in [1.29, 1.82) is 0 Å². The predicted octanol–water partition coefficient (Wildman–Crippen LogP) is 1.09. The first kappa shape index (κ1) is 18.3. The first-order valence-electron chi connectivity index (χ1n) is 8.60. The lowest BCUT2D eigenvalue weighted by molar-refractivity contribution is 0.0263. The van der Waals surface area contributed by atoms with Crippen LogP contribution in [-0.2, 0) is 6.54 Å². The van der Waals surface area contributed by atoms with Gasteiger partial charge in [-0.25, -0.2) is 9.18 Å². The summed E-state index contributed by atoms with van der Waals surface area (Å²) in [7, 11) is 0. The van der Waals surface area contributed by atoms with Gasteiger partial charge < -0.3 is 25.0 Å². The van der Waals surface area contributed by atoms with Crippen molar-refractivity contribution in [3.8, 4) is 0 Å². The van der Waals surface area contributed by atoms with E-state index in [1.165, 1.54) is 18.2 Å². The lowest BCUT2D eigenvalue weighted by atomic mass is 9.94. The molecule has 0 spiro atoms. The Morgan fingerprint density at radius 1 is 1.27 bits per heavy atom. The summed E-state index contributed by atoms with van der Waals surface area (Å²) in [5.74, 6) is -0.584. The minimum Gasteiger partial charge on any atom is -0.465 e. The molecule has 1 aromatic heterocycles. The van der Waals surface area contributed by atoms with Gasteiger partial charge in [-0.1, -0.05) is 0 Å². The fraction of sp³-hybridized carbons (Fsp3) is 0.444. The summed E-state index contributed by atoms with van der Waals surface area (Å²) in [5, 5.41) is 21.9. The largest absolute Gasteiger partial charge is 0.465 e. The van der Waals surface area contributed by atoms with Crippen LogP contribution in [0.3, 0.4) is 0 Å². The van der Waals surface area contributed by atoms with E-state index in [1.807, 2.05) is 0 Å². The summed E-state index contributed by atoms with van der Waals surface area (Å²) in [4.78, 5) is 25.0. The first-order valence-corrected chi connectivity index (χ1v) is 8.60. The van der Waals surface area contributed by atoms with Gasteiger partial charge in [0.05, 0.1) is 11.6 Å². The molecule has 2 heterocycles. The molecule has 2 aromatic rings. The molecule has 1 saturated heterocycles. The van der Waals surface area contributed by atoms with Crippen molar-refractivity contribution in [2.45, 2.75) is 19.1 Å². The summed E-state index contributed by atoms with van der Waals surface area (Å²) >= 11 is 0. The Hall–Kier alpha value is -2.45. The summed E-state index contributed by atoms with van der Waals surface area (Å²) in [5.41, 5.74) is 0.364. The highest BCUT2D eigenvalue weighted by Crippen LogP contribution is 2.18. The second kappa shape index (κ2) is 7.84. The van der Waals surface area contributed by atoms with Gasteiger partial charge in [-0.2, -0.15) is 0 Å². The average molecular weight is 363 g/mol. The molecule has 0 aliphatic carbocycles. The highest BCUT2D eigenvalue weighted by Gasteiger charge is 2.27. The van der Waals surface area contributed by atoms with Crippen molar-refractivity contribution < 1.29 is 19.4 Å². The highest BCUT2D eigenvalue weighted by molar-refractivity contribution is 5.78. The van der Waals surface area contributed by atoms with Crippen LogP contribution in [0.5, 0.6) is 0 Å². The monoisotopic (exact) mass is 363 g/mol. The number of aromatic nitrogens is 1. The number of benzene rings is 1. The van der Waals surface area contributed by atoms with E-state index in [1.54, 1.807) is 16.7 Å². The molecule has 3 N–H and O–H groups in total. The molecule has 140 valence electrons. The fourth-order valence-corrected chi connectivity index (χ4v) is 3.45. The molecule has 0 radical (unpaired) electrons. The minimum atomic E-state index is -1.11. The van der Waals surface area contributed by atoms with Crippen LogP contribution in [0.15, 0.2) is 35.1 Å². The number of fused-ring (bicyclic) bond motifs is 1. The van der Waals surface area contributed by atoms with E-state index < -0.39 is 18.0 Å². The zero-order valence-electron chi connectivity index (χ0n) is 14.3. The molecule has 0 unspecified atom stereocenters. The van der Waals surface area contributed by atoms with Gasteiger partial charge in [0.2, 0.25) is 0 Å². The zero-order valence-corrected chi connectivity index (χ0v) is 14.3. The molecule has 1 aliphatic heterocycles. The Labute approximate surface area is 149 Å². The molecular formula is C18H22FN3O4. The van der Waals surface area contributed by atoms with E-state index >= 15 is 0 Å². The average Bonchev–Trinajstić information content (AvgIpc) is 2.60. The first-order chi connectivity index (χ1) is 12.4. The van der Waals surface area contributed by atoms with Crippen molar-refractivity contribution in [3.05, 3.63) is 46.5 Å². The van der Waals surface area contributed by atoms with E-state index in [0.717, 1.165) is 5.39 Å². The van der Waals surface area contributed by atoms with Crippen LogP contribution in [0.4, 0.5) is 9.18 Å². The Kier molecular flexibility index (Phi) is 5.53. The predicted molar refractivity (Wildman–Crippen MR) is 94.7 cm³/mol.